The van der Waals surface area contributed by atoms with Gasteiger partial charge in [0.1, 0.15) is 22.3 Å². The third kappa shape index (κ3) is 2.32. The van der Waals surface area contributed by atoms with Crippen molar-refractivity contribution in [1.82, 2.24) is 9.97 Å². The van der Waals surface area contributed by atoms with Gasteiger partial charge in [0.2, 0.25) is 0 Å². The lowest BCUT2D eigenvalue weighted by atomic mass is 10.1. The summed E-state index contributed by atoms with van der Waals surface area (Å²) in [5.74, 6) is 0. The fraction of sp³-hybridized carbons (Fsp3) is 0.120. The predicted molar refractivity (Wildman–Crippen MR) is 116 cm³/mol. The van der Waals surface area contributed by atoms with Crippen LogP contribution in [-0.4, -0.2) is 9.97 Å². The first-order valence-corrected chi connectivity index (χ1v) is 8.92. The van der Waals surface area contributed by atoms with Crippen LogP contribution in [0.25, 0.3) is 55.3 Å². The second kappa shape index (κ2) is 5.67. The number of aromatic nitrogens is 2. The summed E-state index contributed by atoms with van der Waals surface area (Å²) < 4.78 is 82.9. The molecule has 0 bridgehead atoms. The SMILES string of the molecule is [2H]C([2H])([2H])c1cc(-c2cc(C([2H])([2H])[2H])c(C([2H])([2H])[2H])cn2)c2oc3cc4oc5ccccc5c4cc3c2n1. The van der Waals surface area contributed by atoms with E-state index in [-0.39, 0.29) is 28.1 Å². The highest BCUT2D eigenvalue weighted by Gasteiger charge is 2.18. The Balaban J connectivity index is 1.69. The number of hydrogen-bond donors (Lipinski definition) is 0. The zero-order valence-electron chi connectivity index (χ0n) is 23.9. The maximum absolute atomic E-state index is 7.98. The normalized spacial score (nSPS) is 17.9. The Morgan fingerprint density at radius 2 is 1.69 bits per heavy atom. The summed E-state index contributed by atoms with van der Waals surface area (Å²) >= 11 is 0. The zero-order valence-corrected chi connectivity index (χ0v) is 14.9. The molecule has 0 N–H and O–H groups in total. The van der Waals surface area contributed by atoms with Crippen molar-refractivity contribution >= 4 is 44.0 Å². The molecule has 4 aromatic heterocycles. The van der Waals surface area contributed by atoms with Gasteiger partial charge in [-0.15, -0.1) is 0 Å². The molecule has 0 spiro atoms. The van der Waals surface area contributed by atoms with E-state index in [0.29, 0.717) is 22.1 Å². The van der Waals surface area contributed by atoms with Gasteiger partial charge in [0.05, 0.1) is 5.69 Å². The molecule has 0 radical (unpaired) electrons. The van der Waals surface area contributed by atoms with Gasteiger partial charge in [0, 0.05) is 52.0 Å². The van der Waals surface area contributed by atoms with Crippen LogP contribution >= 0.6 is 0 Å². The van der Waals surface area contributed by atoms with Crippen LogP contribution in [0.2, 0.25) is 0 Å². The van der Waals surface area contributed by atoms with E-state index in [1.165, 1.54) is 6.07 Å². The third-order valence-corrected chi connectivity index (χ3v) is 5.10. The number of furan rings is 2. The summed E-state index contributed by atoms with van der Waals surface area (Å²) in [5, 5.41) is 2.21. The molecule has 0 saturated heterocycles. The van der Waals surface area contributed by atoms with E-state index in [9.17, 15) is 0 Å². The van der Waals surface area contributed by atoms with Crippen LogP contribution in [0.4, 0.5) is 0 Å². The number of para-hydroxylation sites is 1. The third-order valence-electron chi connectivity index (χ3n) is 5.10. The number of aryl methyl sites for hydroxylation is 3. The quantitative estimate of drug-likeness (QED) is 0.309. The number of pyridine rings is 2. The van der Waals surface area contributed by atoms with E-state index < -0.39 is 31.7 Å². The van der Waals surface area contributed by atoms with Gasteiger partial charge >= 0.3 is 0 Å². The van der Waals surface area contributed by atoms with Crippen LogP contribution in [-0.2, 0) is 0 Å². The van der Waals surface area contributed by atoms with Gasteiger partial charge in [-0.1, -0.05) is 18.2 Å². The van der Waals surface area contributed by atoms with Gasteiger partial charge in [-0.25, -0.2) is 4.98 Å². The Bertz CT molecular complexity index is 1890. The number of benzene rings is 2. The minimum absolute atomic E-state index is 0.0511. The lowest BCUT2D eigenvalue weighted by Crippen LogP contribution is -1.91. The van der Waals surface area contributed by atoms with Gasteiger partial charge < -0.3 is 8.83 Å². The van der Waals surface area contributed by atoms with Crippen LogP contribution in [0, 0.1) is 20.6 Å². The maximum Gasteiger partial charge on any atom is 0.163 e. The van der Waals surface area contributed by atoms with Crippen molar-refractivity contribution in [3.8, 4) is 11.3 Å². The van der Waals surface area contributed by atoms with Crippen molar-refractivity contribution in [3.05, 3.63) is 71.5 Å². The van der Waals surface area contributed by atoms with Crippen LogP contribution in [0.5, 0.6) is 0 Å². The molecule has 0 aliphatic rings. The predicted octanol–water partition coefficient (Wildman–Crippen LogP) is 6.87. The second-order valence-electron chi connectivity index (χ2n) is 6.89. The monoisotopic (exact) mass is 387 g/mol. The topological polar surface area (TPSA) is 52.1 Å². The largest absolute Gasteiger partial charge is 0.456 e. The van der Waals surface area contributed by atoms with Crippen LogP contribution in [0.3, 0.4) is 0 Å². The molecule has 4 heterocycles. The summed E-state index contributed by atoms with van der Waals surface area (Å²) in [6, 6.07) is 13.4. The molecule has 0 unspecified atom stereocenters. The Morgan fingerprint density at radius 1 is 0.793 bits per heavy atom. The van der Waals surface area contributed by atoms with Crippen molar-refractivity contribution in [1.29, 1.82) is 0 Å². The molecule has 4 heteroatoms. The molecule has 6 rings (SSSR count). The first-order chi connectivity index (χ1) is 17.7. The summed E-state index contributed by atoms with van der Waals surface area (Å²) in [6.07, 6.45) is 0.993. The molecule has 2 aromatic carbocycles. The van der Waals surface area contributed by atoms with Crippen molar-refractivity contribution < 1.29 is 21.2 Å². The van der Waals surface area contributed by atoms with Crippen LogP contribution in [0.1, 0.15) is 29.2 Å². The first kappa shape index (κ1) is 9.70. The smallest absolute Gasteiger partial charge is 0.163 e. The average molecular weight is 387 g/mol. The summed E-state index contributed by atoms with van der Waals surface area (Å²) in [7, 11) is 0. The molecular formula is C25H18N2O2. The van der Waals surface area contributed by atoms with Crippen molar-refractivity contribution in [3.63, 3.8) is 0 Å². The Kier molecular flexibility index (Phi) is 1.90. The highest BCUT2D eigenvalue weighted by molar-refractivity contribution is 6.15. The zero-order chi connectivity index (χ0) is 27.2. The van der Waals surface area contributed by atoms with Crippen LogP contribution in [0.15, 0.2) is 63.6 Å². The standard InChI is InChI=1S/C25H18N2O2/c1-13-8-20(26-12-14(13)2)18-9-15(3)27-24-19-10-17-16-6-4-5-7-21(16)28-22(17)11-23(19)29-25(18)24/h4-12H,1-3H3/i1D3,2D3,3D3. The van der Waals surface area contributed by atoms with Crippen molar-refractivity contribution in [2.45, 2.75) is 20.6 Å². The molecule has 0 fully saturated rings. The van der Waals surface area contributed by atoms with E-state index in [2.05, 4.69) is 9.97 Å². The molecule has 0 atom stereocenters. The van der Waals surface area contributed by atoms with Crippen LogP contribution < -0.4 is 0 Å². The van der Waals surface area contributed by atoms with Crippen molar-refractivity contribution in [2.75, 3.05) is 0 Å². The van der Waals surface area contributed by atoms with E-state index in [4.69, 9.17) is 21.2 Å². The molecule has 140 valence electrons. The Hall–Kier alpha value is -3.66. The molecular weight excluding hydrogens is 360 g/mol. The van der Waals surface area contributed by atoms with E-state index in [1.807, 2.05) is 30.3 Å². The fourth-order valence-electron chi connectivity index (χ4n) is 3.74. The summed E-state index contributed by atoms with van der Waals surface area (Å²) in [4.78, 5) is 8.62. The Morgan fingerprint density at radius 3 is 2.59 bits per heavy atom. The number of nitrogens with zero attached hydrogens (tertiary/aromatic N) is 2. The lowest BCUT2D eigenvalue weighted by Gasteiger charge is -2.06. The molecule has 29 heavy (non-hydrogen) atoms. The highest BCUT2D eigenvalue weighted by Crippen LogP contribution is 2.39. The summed E-state index contributed by atoms with van der Waals surface area (Å²) in [5.41, 5.74) is 1.28. The number of hydrogen-bond acceptors (Lipinski definition) is 4. The van der Waals surface area contributed by atoms with Gasteiger partial charge in [-0.05, 0) is 55.9 Å². The minimum atomic E-state index is -2.75. The van der Waals surface area contributed by atoms with Gasteiger partial charge in [0.25, 0.3) is 0 Å². The molecule has 6 aromatic rings. The summed E-state index contributed by atoms with van der Waals surface area (Å²) in [6.45, 7) is -8.05. The number of rotatable bonds is 1. The molecule has 0 saturated carbocycles. The first-order valence-electron chi connectivity index (χ1n) is 13.4. The molecule has 0 aliphatic carbocycles. The Labute approximate surface area is 179 Å². The lowest BCUT2D eigenvalue weighted by molar-refractivity contribution is 0.656. The minimum Gasteiger partial charge on any atom is -0.456 e. The van der Waals surface area contributed by atoms with E-state index in [1.54, 1.807) is 6.07 Å². The maximum atomic E-state index is 7.98. The second-order valence-corrected chi connectivity index (χ2v) is 6.89. The average Bonchev–Trinajstić information content (AvgIpc) is 3.37. The van der Waals surface area contributed by atoms with Gasteiger partial charge in [-0.2, -0.15) is 0 Å². The molecule has 0 aliphatic heterocycles. The molecule has 0 amide bonds. The van der Waals surface area contributed by atoms with E-state index in [0.717, 1.165) is 23.0 Å². The highest BCUT2D eigenvalue weighted by atomic mass is 16.3. The van der Waals surface area contributed by atoms with Gasteiger partial charge in [0.15, 0.2) is 5.58 Å². The number of fused-ring (bicyclic) bond motifs is 6. The van der Waals surface area contributed by atoms with Gasteiger partial charge in [-0.3, -0.25) is 4.98 Å². The van der Waals surface area contributed by atoms with E-state index >= 15 is 0 Å². The molecule has 4 nitrogen and oxygen atoms in total. The van der Waals surface area contributed by atoms with Crippen molar-refractivity contribution in [2.24, 2.45) is 0 Å². The fourth-order valence-corrected chi connectivity index (χ4v) is 3.74.